The Labute approximate surface area is 129 Å². The van der Waals surface area contributed by atoms with Crippen LogP contribution in [0.3, 0.4) is 0 Å². The molecule has 0 aromatic heterocycles. The van der Waals surface area contributed by atoms with Crippen molar-refractivity contribution in [2.75, 3.05) is 0 Å². The highest BCUT2D eigenvalue weighted by atomic mass is 16.4. The molecule has 2 heterocycles. The van der Waals surface area contributed by atoms with Crippen molar-refractivity contribution in [3.8, 4) is 0 Å². The molecular weight excluding hydrogens is 286 g/mol. The molecule has 0 bridgehead atoms. The minimum absolute atomic E-state index is 0.323. The molecule has 2 unspecified atom stereocenters. The maximum Gasteiger partial charge on any atom is 0.320 e. The van der Waals surface area contributed by atoms with Crippen molar-refractivity contribution < 1.29 is 19.8 Å². The molecule has 22 heavy (non-hydrogen) atoms. The third-order valence-corrected chi connectivity index (χ3v) is 3.12. The zero-order chi connectivity index (χ0) is 16.5. The minimum atomic E-state index is -0.979. The number of rotatable bonds is 6. The zero-order valence-corrected chi connectivity index (χ0v) is 12.5. The van der Waals surface area contributed by atoms with Crippen LogP contribution in [0.15, 0.2) is 33.5 Å². The molecule has 0 radical (unpaired) electrons. The van der Waals surface area contributed by atoms with Crippen molar-refractivity contribution in [1.29, 1.82) is 0 Å². The highest BCUT2D eigenvalue weighted by Gasteiger charge is 2.14. The number of carbonyl (C=O) groups is 2. The Morgan fingerprint density at radius 2 is 1.59 bits per heavy atom. The Morgan fingerprint density at radius 3 is 1.95 bits per heavy atom. The van der Waals surface area contributed by atoms with Crippen molar-refractivity contribution in [3.63, 3.8) is 0 Å². The monoisotopic (exact) mass is 307 g/mol. The molecule has 2 rings (SSSR count). The maximum atomic E-state index is 10.4. The van der Waals surface area contributed by atoms with Gasteiger partial charge in [-0.3, -0.25) is 19.6 Å². The predicted molar refractivity (Wildman–Crippen MR) is 84.0 cm³/mol. The van der Waals surface area contributed by atoms with Crippen molar-refractivity contribution in [2.45, 2.75) is 38.6 Å². The van der Waals surface area contributed by atoms with Crippen molar-refractivity contribution >= 4 is 24.4 Å². The van der Waals surface area contributed by atoms with E-state index in [4.69, 9.17) is 15.9 Å². The van der Waals surface area contributed by atoms with Crippen LogP contribution in [0.25, 0.3) is 0 Å². The standard InChI is InChI=1S/C8H11NO2.C7H10N2O2/c1-6(8(10)11)5-7-3-2-4-9-7;8-6(7(10)11)4-5-2-1-3-9-5/h3-4,6H,2,5H2,1H3,(H,10,11);2-3,6H,1,4,8H2,(H,10,11). The van der Waals surface area contributed by atoms with Gasteiger partial charge in [-0.25, -0.2) is 0 Å². The van der Waals surface area contributed by atoms with E-state index in [-0.39, 0.29) is 5.92 Å². The topological polar surface area (TPSA) is 125 Å². The lowest BCUT2D eigenvalue weighted by atomic mass is 10.1. The lowest BCUT2D eigenvalue weighted by molar-refractivity contribution is -0.141. The first-order chi connectivity index (χ1) is 10.4. The quantitative estimate of drug-likeness (QED) is 0.687. The largest absolute Gasteiger partial charge is 0.481 e. The van der Waals surface area contributed by atoms with Gasteiger partial charge in [-0.1, -0.05) is 19.1 Å². The lowest BCUT2D eigenvalue weighted by Crippen LogP contribution is -2.30. The third kappa shape index (κ3) is 6.45. The first-order valence-electron chi connectivity index (χ1n) is 7.04. The molecule has 0 spiro atoms. The second-order valence-corrected chi connectivity index (χ2v) is 5.08. The number of hydrogen-bond donors (Lipinski definition) is 3. The fourth-order valence-corrected chi connectivity index (χ4v) is 1.81. The van der Waals surface area contributed by atoms with Gasteiger partial charge >= 0.3 is 11.9 Å². The molecule has 7 nitrogen and oxygen atoms in total. The third-order valence-electron chi connectivity index (χ3n) is 3.12. The first-order valence-corrected chi connectivity index (χ1v) is 7.04. The summed E-state index contributed by atoms with van der Waals surface area (Å²) in [6.07, 6.45) is 9.89. The maximum absolute atomic E-state index is 10.4. The van der Waals surface area contributed by atoms with E-state index in [2.05, 4.69) is 9.98 Å². The van der Waals surface area contributed by atoms with Gasteiger partial charge < -0.3 is 15.9 Å². The van der Waals surface area contributed by atoms with Gasteiger partial charge in [-0.2, -0.15) is 0 Å². The van der Waals surface area contributed by atoms with Crippen LogP contribution in [0.1, 0.15) is 32.6 Å². The molecule has 4 N–H and O–H groups in total. The Bertz CT molecular complexity index is 487. The summed E-state index contributed by atoms with van der Waals surface area (Å²) in [5.74, 6) is -2.06. The molecule has 7 heteroatoms. The Kier molecular flexibility index (Phi) is 7.18. The van der Waals surface area contributed by atoms with Gasteiger partial charge in [0, 0.05) is 49.5 Å². The minimum Gasteiger partial charge on any atom is -0.481 e. The van der Waals surface area contributed by atoms with Crippen LogP contribution in [-0.4, -0.2) is 40.6 Å². The van der Waals surface area contributed by atoms with E-state index in [1.54, 1.807) is 19.4 Å². The second-order valence-electron chi connectivity index (χ2n) is 5.08. The summed E-state index contributed by atoms with van der Waals surface area (Å²) in [5.41, 5.74) is 6.96. The zero-order valence-electron chi connectivity index (χ0n) is 12.5. The van der Waals surface area contributed by atoms with Crippen LogP contribution in [0.5, 0.6) is 0 Å². The molecule has 120 valence electrons. The number of aliphatic carboxylic acids is 2. The van der Waals surface area contributed by atoms with Gasteiger partial charge in [0.05, 0.1) is 5.92 Å². The molecule has 0 amide bonds. The second kappa shape index (κ2) is 8.89. The summed E-state index contributed by atoms with van der Waals surface area (Å²) in [4.78, 5) is 28.7. The molecule has 2 aliphatic rings. The number of nitrogens with two attached hydrogens (primary N) is 1. The first kappa shape index (κ1) is 17.8. The van der Waals surface area contributed by atoms with Crippen LogP contribution in [0, 0.1) is 5.92 Å². The van der Waals surface area contributed by atoms with Crippen LogP contribution in [-0.2, 0) is 9.59 Å². The molecule has 0 aromatic carbocycles. The fraction of sp³-hybridized carbons (Fsp3) is 0.467. The highest BCUT2D eigenvalue weighted by Crippen LogP contribution is 2.16. The van der Waals surface area contributed by atoms with E-state index in [0.717, 1.165) is 24.2 Å². The van der Waals surface area contributed by atoms with Gasteiger partial charge in [0.2, 0.25) is 0 Å². The molecule has 2 aliphatic heterocycles. The molecule has 0 aliphatic carbocycles. The van der Waals surface area contributed by atoms with Crippen molar-refractivity contribution in [2.24, 2.45) is 21.6 Å². The number of aliphatic imine (C=N–C) groups is 2. The summed E-state index contributed by atoms with van der Waals surface area (Å²) in [7, 11) is 0. The molecule has 0 saturated carbocycles. The Hall–Kier alpha value is -2.28. The van der Waals surface area contributed by atoms with Crippen molar-refractivity contribution in [1.82, 2.24) is 0 Å². The highest BCUT2D eigenvalue weighted by molar-refractivity contribution is 5.74. The summed E-state index contributed by atoms with van der Waals surface area (Å²) in [5, 5.41) is 17.0. The van der Waals surface area contributed by atoms with E-state index >= 15 is 0 Å². The Morgan fingerprint density at radius 1 is 1.09 bits per heavy atom. The average molecular weight is 307 g/mol. The van der Waals surface area contributed by atoms with Crippen LogP contribution in [0.2, 0.25) is 0 Å². The molecule has 2 atom stereocenters. The van der Waals surface area contributed by atoms with Gasteiger partial charge in [0.15, 0.2) is 0 Å². The summed E-state index contributed by atoms with van der Waals surface area (Å²) >= 11 is 0. The van der Waals surface area contributed by atoms with E-state index in [1.165, 1.54) is 0 Å². The molecular formula is C15H21N3O4. The van der Waals surface area contributed by atoms with Crippen molar-refractivity contribution in [3.05, 3.63) is 23.5 Å². The lowest BCUT2D eigenvalue weighted by Gasteiger charge is -2.03. The number of carboxylic acids is 2. The summed E-state index contributed by atoms with van der Waals surface area (Å²) in [6, 6.07) is -0.823. The number of nitrogens with zero attached hydrogens (tertiary/aromatic N) is 2. The molecule has 0 saturated heterocycles. The molecule has 0 fully saturated rings. The summed E-state index contributed by atoms with van der Waals surface area (Å²) in [6.45, 7) is 1.69. The van der Waals surface area contributed by atoms with Crippen LogP contribution in [0.4, 0.5) is 0 Å². The van der Waals surface area contributed by atoms with Gasteiger partial charge in [0.1, 0.15) is 6.04 Å². The van der Waals surface area contributed by atoms with Crippen LogP contribution >= 0.6 is 0 Å². The molecule has 0 aromatic rings. The van der Waals surface area contributed by atoms with Gasteiger partial charge in [0.25, 0.3) is 0 Å². The normalized spacial score (nSPS) is 18.1. The fourth-order valence-electron chi connectivity index (χ4n) is 1.81. The summed E-state index contributed by atoms with van der Waals surface area (Å²) < 4.78 is 0. The number of carboxylic acid groups (broad SMARTS) is 2. The SMILES string of the molecule is CC(CC1=CCC=N1)C(=O)O.NC(CC1=CCC=N1)C(=O)O. The number of hydrogen-bond acceptors (Lipinski definition) is 5. The van der Waals surface area contributed by atoms with E-state index < -0.39 is 18.0 Å². The smallest absolute Gasteiger partial charge is 0.320 e. The van der Waals surface area contributed by atoms with Gasteiger partial charge in [-0.15, -0.1) is 0 Å². The van der Waals surface area contributed by atoms with Gasteiger partial charge in [-0.05, 0) is 0 Å². The van der Waals surface area contributed by atoms with E-state index in [0.29, 0.717) is 12.8 Å². The average Bonchev–Trinajstić information content (AvgIpc) is 3.12. The Balaban J connectivity index is 0.000000220. The van der Waals surface area contributed by atoms with E-state index in [1.807, 2.05) is 12.2 Å². The van der Waals surface area contributed by atoms with Crippen LogP contribution < -0.4 is 5.73 Å². The number of allylic oxidation sites excluding steroid dienone is 3. The predicted octanol–water partition coefficient (Wildman–Crippen LogP) is 1.60. The van der Waals surface area contributed by atoms with E-state index in [9.17, 15) is 9.59 Å².